The Morgan fingerprint density at radius 2 is 0.633 bits per heavy atom. The predicted molar refractivity (Wildman–Crippen MR) is 353 cm³/mol. The molecule has 4 heterocycles. The fourth-order valence-corrected chi connectivity index (χ4v) is 11.0. The van der Waals surface area contributed by atoms with Crippen LogP contribution in [-0.4, -0.2) is 262 Å². The number of amides is 12. The number of hydrogen-bond acceptors (Lipinski definition) is 24. The second kappa shape index (κ2) is 55.9. The van der Waals surface area contributed by atoms with E-state index in [1.807, 2.05) is 41.0 Å². The molecule has 32 heteroatoms. The van der Waals surface area contributed by atoms with Crippen molar-refractivity contribution < 1.29 is 116 Å². The second-order valence-electron chi connectivity index (χ2n) is 22.5. The summed E-state index contributed by atoms with van der Waals surface area (Å²) in [6.07, 6.45) is 16.2. The molecule has 0 aromatic rings. The summed E-state index contributed by atoms with van der Waals surface area (Å²) in [5.74, 6) is -5.99. The third kappa shape index (κ3) is 34.2. The molecule has 0 spiro atoms. The fraction of sp³-hybridized carbons (Fsp3) is 0.606. The van der Waals surface area contributed by atoms with Crippen LogP contribution in [0.25, 0.3) is 0 Å². The van der Waals surface area contributed by atoms with Gasteiger partial charge >= 0.3 is 11.9 Å². The van der Waals surface area contributed by atoms with Crippen LogP contribution in [0.15, 0.2) is 50.6 Å². The van der Waals surface area contributed by atoms with Gasteiger partial charge in [0.1, 0.15) is 40.2 Å². The molecule has 0 aromatic heterocycles. The zero-order chi connectivity index (χ0) is 76.0. The van der Waals surface area contributed by atoms with Crippen molar-refractivity contribution in [3.63, 3.8) is 0 Å². The summed E-state index contributed by atoms with van der Waals surface area (Å²) in [5, 5.41) is 39.3. The minimum absolute atomic E-state index is 0.0186. The van der Waals surface area contributed by atoms with Gasteiger partial charge in [-0.15, -0.1) is 36.4 Å². The summed E-state index contributed by atoms with van der Waals surface area (Å²) < 4.78 is 0. The van der Waals surface area contributed by atoms with E-state index in [1.165, 1.54) is 34.1 Å². The largest absolute Gasteiger partial charge is 0.396 e. The molecule has 4 atom stereocenters. The minimum Gasteiger partial charge on any atom is -0.396 e. The van der Waals surface area contributed by atoms with Crippen molar-refractivity contribution >= 4 is 112 Å². The molecular weight excluding hydrogens is 1290 g/mol. The van der Waals surface area contributed by atoms with Crippen LogP contribution in [0.2, 0.25) is 0 Å². The number of hydroxylamine groups is 4. The number of carbonyl (C=O) groups excluding carboxylic acids is 18. The maximum atomic E-state index is 12.4. The van der Waals surface area contributed by atoms with E-state index >= 15 is 0 Å². The molecule has 0 saturated carbocycles. The summed E-state index contributed by atoms with van der Waals surface area (Å²) >= 11 is 0. The van der Waals surface area contributed by atoms with Gasteiger partial charge in [0, 0.05) is 127 Å². The highest BCUT2D eigenvalue weighted by Gasteiger charge is 2.38. The molecule has 0 bridgehead atoms. The van der Waals surface area contributed by atoms with Gasteiger partial charge in [-0.3, -0.25) is 67.3 Å². The van der Waals surface area contributed by atoms with Crippen molar-refractivity contribution in [2.45, 2.75) is 180 Å². The van der Waals surface area contributed by atoms with Crippen molar-refractivity contribution in [1.82, 2.24) is 39.5 Å². The number of aliphatic hydroxyl groups excluding tert-OH is 4. The Morgan fingerprint density at radius 1 is 0.418 bits per heavy atom. The van der Waals surface area contributed by atoms with Crippen LogP contribution >= 0.6 is 0 Å². The molecule has 32 nitrogen and oxygen atoms in total. The second-order valence-corrected chi connectivity index (χ2v) is 22.5. The summed E-state index contributed by atoms with van der Waals surface area (Å²) in [6, 6.07) is -1.28. The smallest absolute Gasteiger partial charge is 0.352 e. The molecule has 0 aromatic carbocycles. The first kappa shape index (κ1) is 95.3. The Balaban J connectivity index is -0.000000784. The number of rotatable bonds is 44. The maximum absolute atomic E-state index is 12.4. The highest BCUT2D eigenvalue weighted by Crippen LogP contribution is 2.42. The van der Waals surface area contributed by atoms with Gasteiger partial charge in [-0.25, -0.2) is 9.59 Å². The highest BCUT2D eigenvalue weighted by atomic mass is 16.7. The van der Waals surface area contributed by atoms with Crippen LogP contribution in [-0.2, 0) is 96.0 Å². The molecule has 4 N–H and O–H groups in total. The van der Waals surface area contributed by atoms with E-state index in [-0.39, 0.29) is 95.8 Å². The summed E-state index contributed by atoms with van der Waals surface area (Å²) in [6.45, 7) is 26.8. The van der Waals surface area contributed by atoms with Gasteiger partial charge in [0.15, 0.2) is 0 Å². The number of carbonyl (C=O) groups is 18. The van der Waals surface area contributed by atoms with E-state index in [2.05, 4.69) is 26.3 Å². The molecule has 0 radical (unpaired) electrons. The van der Waals surface area contributed by atoms with Gasteiger partial charge in [0.05, 0.1) is 0 Å². The molecule has 2 saturated heterocycles. The summed E-state index contributed by atoms with van der Waals surface area (Å²) in [7, 11) is 0. The van der Waals surface area contributed by atoms with Crippen molar-refractivity contribution in [2.24, 2.45) is 10.8 Å². The Bertz CT molecular complexity index is 2290. The van der Waals surface area contributed by atoms with Gasteiger partial charge in [0.25, 0.3) is 47.3 Å². The number of nitrogens with zero attached hydrogens (tertiary/aromatic N) is 8. The molecule has 4 unspecified atom stereocenters. The third-order valence-corrected chi connectivity index (χ3v) is 16.6. The van der Waals surface area contributed by atoms with Crippen LogP contribution in [0, 0.1) is 10.8 Å². The molecule has 12 amide bonds. The van der Waals surface area contributed by atoms with Crippen molar-refractivity contribution in [3.8, 4) is 0 Å². The quantitative estimate of drug-likeness (QED) is 0.0381. The zero-order valence-corrected chi connectivity index (χ0v) is 57.3. The van der Waals surface area contributed by atoms with Gasteiger partial charge in [-0.1, -0.05) is 0 Å². The Kier molecular flexibility index (Phi) is 54.4. The monoisotopic (exact) mass is 1390 g/mol. The topological polar surface area (TPSA) is 433 Å². The van der Waals surface area contributed by atoms with Crippen LogP contribution in [0.5, 0.6) is 0 Å². The minimum atomic E-state index is -0.941. The summed E-state index contributed by atoms with van der Waals surface area (Å²) in [4.78, 5) is 216. The normalized spacial score (nSPS) is 14.8. The molecule has 552 valence electrons. The van der Waals surface area contributed by atoms with Crippen LogP contribution in [0.3, 0.4) is 0 Å². The standard InChI is InChI=1S/C29H44N4O12.C29H44N4O8.2C2H4.4CH2O/c1-21(30(19-36)17-27(42)44-32-23(38)5-6-24(32)39)9-13-29(11-3-15-34,12-4-16-35)14-10-22(2)31(20-37)18-28(43)45-33-25(40)7-8-26(33)41;1-23(30(21-36)15-17-32-25(38)5-6-26(32)39)9-13-29(11-3-19-34,12-4-20-35)14-10-24(2)31(22-37)16-18-33-27(40)7-8-28(33)41;6*1-2/h19-22,34-35H,3-18H2,1-2H3;5-8,21-24,34-35H,3-4,9-20H2,1-2H3;2*1-2H2;4*1H2. The first-order valence-electron chi connectivity index (χ1n) is 31.6. The van der Waals surface area contributed by atoms with E-state index in [0.29, 0.717) is 126 Å². The van der Waals surface area contributed by atoms with Gasteiger partial charge in [-0.05, 0) is 141 Å². The van der Waals surface area contributed by atoms with Gasteiger partial charge in [-0.2, -0.15) is 0 Å². The van der Waals surface area contributed by atoms with E-state index in [9.17, 15) is 87.5 Å². The first-order chi connectivity index (χ1) is 47.0. The predicted octanol–water partition coefficient (Wildman–Crippen LogP) is 1.47. The Morgan fingerprint density at radius 3 is 0.837 bits per heavy atom. The number of hydrogen-bond donors (Lipinski definition) is 4. The lowest BCUT2D eigenvalue weighted by Crippen LogP contribution is -2.42. The molecule has 4 aliphatic heterocycles. The van der Waals surface area contributed by atoms with Crippen LogP contribution in [0.4, 0.5) is 0 Å². The lowest BCUT2D eigenvalue weighted by molar-refractivity contribution is -0.198. The van der Waals surface area contributed by atoms with Crippen LogP contribution in [0.1, 0.15) is 156 Å². The lowest BCUT2D eigenvalue weighted by Gasteiger charge is -2.38. The third-order valence-electron chi connectivity index (χ3n) is 16.6. The number of aliphatic hydroxyl groups is 4. The molecule has 98 heavy (non-hydrogen) atoms. The van der Waals surface area contributed by atoms with Crippen molar-refractivity contribution in [3.05, 3.63) is 50.6 Å². The first-order valence-corrected chi connectivity index (χ1v) is 31.6. The SMILES string of the molecule is C=C.C=C.C=O.C=O.C=O.C=O.CC(CCC(CCCO)(CCCO)CCC(C)N(C=O)CC(=O)ON1C(=O)CCC1=O)N(C=O)CC(=O)ON1C(=O)CCC1=O.CC(CCC(CCCO)(CCCO)CCC(C)N(C=O)CCN1C(=O)C=CC1=O)N(C=O)CCN1C(=O)C=CC1=O. The molecular formula is C66H104N8O24. The summed E-state index contributed by atoms with van der Waals surface area (Å²) in [5.41, 5.74) is -0.701. The van der Waals surface area contributed by atoms with E-state index < -0.39 is 89.8 Å². The molecule has 0 aliphatic carbocycles. The lowest BCUT2D eigenvalue weighted by atomic mass is 9.71. The average Bonchev–Trinajstić information content (AvgIpc) is 1.23. The van der Waals surface area contributed by atoms with Crippen molar-refractivity contribution in [2.75, 3.05) is 65.7 Å². The maximum Gasteiger partial charge on any atom is 0.352 e. The van der Waals surface area contributed by atoms with Gasteiger partial charge < -0.3 is 68.9 Å². The van der Waals surface area contributed by atoms with E-state index in [1.54, 1.807) is 23.6 Å². The van der Waals surface area contributed by atoms with Gasteiger partial charge in [0.2, 0.25) is 25.6 Å². The van der Waals surface area contributed by atoms with E-state index in [4.69, 9.17) is 28.9 Å². The van der Waals surface area contributed by atoms with E-state index in [0.717, 1.165) is 22.6 Å². The number of imide groups is 4. The average molecular weight is 1390 g/mol. The molecule has 2 fully saturated rings. The Labute approximate surface area is 573 Å². The fourth-order valence-electron chi connectivity index (χ4n) is 11.0. The molecule has 4 rings (SSSR count). The van der Waals surface area contributed by atoms with Crippen LogP contribution < -0.4 is 0 Å². The van der Waals surface area contributed by atoms with Crippen molar-refractivity contribution in [1.29, 1.82) is 0 Å². The molecule has 4 aliphatic rings. The zero-order valence-electron chi connectivity index (χ0n) is 57.3. The highest BCUT2D eigenvalue weighted by molar-refractivity contribution is 6.13. The Hall–Kier alpha value is -9.14.